The van der Waals surface area contributed by atoms with Crippen molar-refractivity contribution in [3.63, 3.8) is 0 Å². The molecule has 0 aromatic heterocycles. The SMILES string of the molecule is CC1CCCC1C(c1ccccc1)c1ccccc1. The minimum Gasteiger partial charge on any atom is -0.0622 e. The van der Waals surface area contributed by atoms with E-state index in [2.05, 4.69) is 67.6 Å². The van der Waals surface area contributed by atoms with E-state index in [0.29, 0.717) is 5.92 Å². The van der Waals surface area contributed by atoms with E-state index in [0.717, 1.165) is 11.8 Å². The Hall–Kier alpha value is -1.56. The Bertz CT molecular complexity index is 461. The highest BCUT2D eigenvalue weighted by Crippen LogP contribution is 2.44. The van der Waals surface area contributed by atoms with Crippen molar-refractivity contribution in [1.82, 2.24) is 0 Å². The lowest BCUT2D eigenvalue weighted by Crippen LogP contribution is -2.16. The second-order valence-electron chi connectivity index (χ2n) is 5.87. The summed E-state index contributed by atoms with van der Waals surface area (Å²) in [5.41, 5.74) is 2.96. The van der Waals surface area contributed by atoms with Gasteiger partial charge < -0.3 is 0 Å². The first-order valence-electron chi connectivity index (χ1n) is 7.46. The molecule has 1 aliphatic carbocycles. The van der Waals surface area contributed by atoms with Crippen LogP contribution in [-0.4, -0.2) is 0 Å². The summed E-state index contributed by atoms with van der Waals surface area (Å²) in [6.45, 7) is 2.43. The monoisotopic (exact) mass is 250 g/mol. The maximum Gasteiger partial charge on any atom is 0.0120 e. The lowest BCUT2D eigenvalue weighted by molar-refractivity contribution is 0.377. The molecule has 2 aromatic rings. The van der Waals surface area contributed by atoms with Crippen molar-refractivity contribution >= 4 is 0 Å². The molecule has 1 saturated carbocycles. The standard InChI is InChI=1S/C19H22/c1-15-9-8-14-18(15)19(16-10-4-2-5-11-16)17-12-6-3-7-13-17/h2-7,10-13,15,18-19H,8-9,14H2,1H3. The van der Waals surface area contributed by atoms with Gasteiger partial charge in [0.05, 0.1) is 0 Å². The third-order valence-corrected chi connectivity index (χ3v) is 4.67. The average Bonchev–Trinajstić information content (AvgIpc) is 2.88. The summed E-state index contributed by atoms with van der Waals surface area (Å²) < 4.78 is 0. The summed E-state index contributed by atoms with van der Waals surface area (Å²) in [6, 6.07) is 22.1. The highest BCUT2D eigenvalue weighted by atomic mass is 14.4. The van der Waals surface area contributed by atoms with E-state index in [1.807, 2.05) is 0 Å². The highest BCUT2D eigenvalue weighted by Gasteiger charge is 2.32. The zero-order valence-electron chi connectivity index (χ0n) is 11.6. The van der Waals surface area contributed by atoms with Gasteiger partial charge >= 0.3 is 0 Å². The van der Waals surface area contributed by atoms with Gasteiger partial charge in [0.25, 0.3) is 0 Å². The lowest BCUT2D eigenvalue weighted by Gasteiger charge is -2.28. The third-order valence-electron chi connectivity index (χ3n) is 4.67. The minimum absolute atomic E-state index is 0.569. The molecule has 2 atom stereocenters. The first kappa shape index (κ1) is 12.5. The van der Waals surface area contributed by atoms with Gasteiger partial charge in [0, 0.05) is 5.92 Å². The van der Waals surface area contributed by atoms with E-state index in [-0.39, 0.29) is 0 Å². The average molecular weight is 250 g/mol. The van der Waals surface area contributed by atoms with E-state index in [1.54, 1.807) is 0 Å². The Morgan fingerprint density at radius 3 is 1.74 bits per heavy atom. The molecule has 1 aliphatic rings. The van der Waals surface area contributed by atoms with Crippen molar-refractivity contribution in [2.24, 2.45) is 11.8 Å². The van der Waals surface area contributed by atoms with Crippen LogP contribution in [0, 0.1) is 11.8 Å². The van der Waals surface area contributed by atoms with Crippen LogP contribution in [0.2, 0.25) is 0 Å². The van der Waals surface area contributed by atoms with Crippen LogP contribution in [0.4, 0.5) is 0 Å². The molecule has 0 bridgehead atoms. The molecule has 98 valence electrons. The van der Waals surface area contributed by atoms with Gasteiger partial charge in [-0.25, -0.2) is 0 Å². The molecule has 0 N–H and O–H groups in total. The van der Waals surface area contributed by atoms with Crippen molar-refractivity contribution in [3.8, 4) is 0 Å². The molecule has 0 heterocycles. The predicted octanol–water partition coefficient (Wildman–Crippen LogP) is 5.25. The molecule has 0 heteroatoms. The van der Waals surface area contributed by atoms with E-state index in [1.165, 1.54) is 30.4 Å². The number of hydrogen-bond donors (Lipinski definition) is 0. The fourth-order valence-corrected chi connectivity index (χ4v) is 3.68. The first-order valence-corrected chi connectivity index (χ1v) is 7.46. The molecule has 2 unspecified atom stereocenters. The topological polar surface area (TPSA) is 0 Å². The predicted molar refractivity (Wildman–Crippen MR) is 81.2 cm³/mol. The molecule has 2 aromatic carbocycles. The molecule has 3 rings (SSSR count). The Morgan fingerprint density at radius 1 is 0.789 bits per heavy atom. The Morgan fingerprint density at radius 2 is 1.32 bits per heavy atom. The van der Waals surface area contributed by atoms with Gasteiger partial charge in [-0.05, 0) is 29.4 Å². The van der Waals surface area contributed by atoms with Gasteiger partial charge in [0.2, 0.25) is 0 Å². The summed E-state index contributed by atoms with van der Waals surface area (Å²) in [4.78, 5) is 0. The molecule has 0 saturated heterocycles. The van der Waals surface area contributed by atoms with E-state index < -0.39 is 0 Å². The molecule has 0 nitrogen and oxygen atoms in total. The van der Waals surface area contributed by atoms with Gasteiger partial charge in [0.1, 0.15) is 0 Å². The number of rotatable bonds is 3. The maximum absolute atomic E-state index is 2.43. The van der Waals surface area contributed by atoms with E-state index in [9.17, 15) is 0 Å². The van der Waals surface area contributed by atoms with Crippen molar-refractivity contribution in [3.05, 3.63) is 71.8 Å². The van der Waals surface area contributed by atoms with Crippen LogP contribution in [0.5, 0.6) is 0 Å². The van der Waals surface area contributed by atoms with Crippen molar-refractivity contribution in [2.45, 2.75) is 32.1 Å². The molecule has 0 aliphatic heterocycles. The lowest BCUT2D eigenvalue weighted by atomic mass is 9.76. The molecule has 0 amide bonds. The van der Waals surface area contributed by atoms with Crippen molar-refractivity contribution in [2.75, 3.05) is 0 Å². The zero-order valence-corrected chi connectivity index (χ0v) is 11.6. The van der Waals surface area contributed by atoms with Crippen LogP contribution in [0.3, 0.4) is 0 Å². The van der Waals surface area contributed by atoms with E-state index >= 15 is 0 Å². The summed E-state index contributed by atoms with van der Waals surface area (Å²) >= 11 is 0. The number of benzene rings is 2. The van der Waals surface area contributed by atoms with Crippen LogP contribution in [0.15, 0.2) is 60.7 Å². The van der Waals surface area contributed by atoms with E-state index in [4.69, 9.17) is 0 Å². The molecular weight excluding hydrogens is 228 g/mol. The maximum atomic E-state index is 2.43. The van der Waals surface area contributed by atoms with Crippen LogP contribution < -0.4 is 0 Å². The van der Waals surface area contributed by atoms with Crippen LogP contribution >= 0.6 is 0 Å². The fraction of sp³-hybridized carbons (Fsp3) is 0.368. The van der Waals surface area contributed by atoms with Crippen molar-refractivity contribution < 1.29 is 0 Å². The quantitative estimate of drug-likeness (QED) is 0.697. The van der Waals surface area contributed by atoms with Crippen LogP contribution in [0.25, 0.3) is 0 Å². The first-order chi connectivity index (χ1) is 9.36. The Labute approximate surface area is 116 Å². The van der Waals surface area contributed by atoms with Gasteiger partial charge in [-0.1, -0.05) is 80.4 Å². The second-order valence-corrected chi connectivity index (χ2v) is 5.87. The summed E-state index contributed by atoms with van der Waals surface area (Å²) in [5, 5.41) is 0. The van der Waals surface area contributed by atoms with Gasteiger partial charge in [-0.15, -0.1) is 0 Å². The second kappa shape index (κ2) is 5.61. The van der Waals surface area contributed by atoms with Gasteiger partial charge in [-0.2, -0.15) is 0 Å². The Balaban J connectivity index is 2.01. The largest absolute Gasteiger partial charge is 0.0622 e. The minimum atomic E-state index is 0.569. The third kappa shape index (κ3) is 2.58. The zero-order chi connectivity index (χ0) is 13.1. The normalized spacial score (nSPS) is 22.8. The molecule has 1 fully saturated rings. The fourth-order valence-electron chi connectivity index (χ4n) is 3.68. The number of hydrogen-bond acceptors (Lipinski definition) is 0. The smallest absolute Gasteiger partial charge is 0.0120 e. The summed E-state index contributed by atoms with van der Waals surface area (Å²) in [6.07, 6.45) is 4.15. The Kier molecular flexibility index (Phi) is 3.68. The van der Waals surface area contributed by atoms with Crippen LogP contribution in [0.1, 0.15) is 43.2 Å². The molecule has 0 spiro atoms. The summed E-state index contributed by atoms with van der Waals surface area (Å²) in [5.74, 6) is 2.20. The molecule has 0 radical (unpaired) electrons. The van der Waals surface area contributed by atoms with Crippen LogP contribution in [-0.2, 0) is 0 Å². The highest BCUT2D eigenvalue weighted by molar-refractivity contribution is 5.33. The molecule has 19 heavy (non-hydrogen) atoms. The molecular formula is C19H22. The van der Waals surface area contributed by atoms with Gasteiger partial charge in [0.15, 0.2) is 0 Å². The van der Waals surface area contributed by atoms with Crippen molar-refractivity contribution in [1.29, 1.82) is 0 Å². The summed E-state index contributed by atoms with van der Waals surface area (Å²) in [7, 11) is 0. The van der Waals surface area contributed by atoms with Gasteiger partial charge in [-0.3, -0.25) is 0 Å².